The van der Waals surface area contributed by atoms with Gasteiger partial charge in [0, 0.05) is 10.2 Å². The van der Waals surface area contributed by atoms with E-state index < -0.39 is 18.5 Å². The number of nitrogens with zero attached hydrogens (tertiary/aromatic N) is 1. The molecule has 0 saturated heterocycles. The highest BCUT2D eigenvalue weighted by Gasteiger charge is 2.15. The average Bonchev–Trinajstić information content (AvgIpc) is 2.78. The molecule has 0 aliphatic rings. The number of nitrogens with one attached hydrogen (secondary N) is 1. The van der Waals surface area contributed by atoms with E-state index in [0.29, 0.717) is 17.9 Å². The first-order valence-corrected chi connectivity index (χ1v) is 10.2. The summed E-state index contributed by atoms with van der Waals surface area (Å²) in [5.74, 6) is -0.737. The van der Waals surface area contributed by atoms with E-state index in [1.165, 1.54) is 0 Å². The summed E-state index contributed by atoms with van der Waals surface area (Å²) < 4.78 is 11.9. The molecule has 0 unspecified atom stereocenters. The summed E-state index contributed by atoms with van der Waals surface area (Å²) in [4.78, 5) is 24.6. The van der Waals surface area contributed by atoms with Crippen molar-refractivity contribution in [1.29, 1.82) is 5.26 Å². The lowest BCUT2D eigenvalue weighted by molar-refractivity contribution is -0.119. The molecule has 31 heavy (non-hydrogen) atoms. The van der Waals surface area contributed by atoms with Crippen LogP contribution in [0.25, 0.3) is 0 Å². The Bertz CT molecular complexity index is 1110. The monoisotopic (exact) mass is 478 g/mol. The van der Waals surface area contributed by atoms with Gasteiger partial charge in [0.15, 0.2) is 6.61 Å². The number of halogens is 1. The molecule has 0 heterocycles. The molecule has 7 heteroatoms. The molecular formula is C24H19BrN2O4. The van der Waals surface area contributed by atoms with Crippen molar-refractivity contribution in [3.8, 4) is 11.8 Å². The number of ether oxygens (including phenoxy) is 2. The number of para-hydroxylation sites is 1. The van der Waals surface area contributed by atoms with Gasteiger partial charge in [-0.2, -0.15) is 5.26 Å². The van der Waals surface area contributed by atoms with Gasteiger partial charge in [-0.15, -0.1) is 0 Å². The second kappa shape index (κ2) is 11.0. The van der Waals surface area contributed by atoms with Gasteiger partial charge < -0.3 is 14.8 Å². The van der Waals surface area contributed by atoms with Crippen molar-refractivity contribution in [2.45, 2.75) is 13.0 Å². The number of amides is 1. The summed E-state index contributed by atoms with van der Waals surface area (Å²) in [5, 5.41) is 11.3. The summed E-state index contributed by atoms with van der Waals surface area (Å²) in [5.41, 5.74) is 2.59. The topological polar surface area (TPSA) is 88.4 Å². The molecule has 156 valence electrons. The highest BCUT2D eigenvalue weighted by molar-refractivity contribution is 9.10. The molecule has 0 aliphatic heterocycles. The van der Waals surface area contributed by atoms with Crippen LogP contribution in [0.3, 0.4) is 0 Å². The molecule has 0 aliphatic carbocycles. The van der Waals surface area contributed by atoms with Crippen molar-refractivity contribution in [3.63, 3.8) is 0 Å². The van der Waals surface area contributed by atoms with Crippen molar-refractivity contribution in [3.05, 3.63) is 94.0 Å². The lowest BCUT2D eigenvalue weighted by Crippen LogP contribution is -2.21. The molecular weight excluding hydrogens is 460 g/mol. The number of hydrogen-bond donors (Lipinski definition) is 1. The molecule has 3 aromatic rings. The van der Waals surface area contributed by atoms with Gasteiger partial charge in [-0.05, 0) is 47.5 Å². The summed E-state index contributed by atoms with van der Waals surface area (Å²) in [7, 11) is 0. The van der Waals surface area contributed by atoms with Crippen molar-refractivity contribution in [1.82, 2.24) is 0 Å². The second-order valence-electron chi connectivity index (χ2n) is 6.57. The molecule has 0 bridgehead atoms. The fourth-order valence-corrected chi connectivity index (χ4v) is 3.20. The lowest BCUT2D eigenvalue weighted by Gasteiger charge is -2.12. The number of benzene rings is 3. The Morgan fingerprint density at radius 2 is 1.74 bits per heavy atom. The van der Waals surface area contributed by atoms with Crippen molar-refractivity contribution < 1.29 is 19.1 Å². The number of rotatable bonds is 8. The number of anilines is 1. The van der Waals surface area contributed by atoms with Gasteiger partial charge in [0.1, 0.15) is 17.9 Å². The summed E-state index contributed by atoms with van der Waals surface area (Å²) in [6.07, 6.45) is 0.300. The fraction of sp³-hybridized carbons (Fsp3) is 0.125. The van der Waals surface area contributed by atoms with E-state index in [-0.39, 0.29) is 12.2 Å². The van der Waals surface area contributed by atoms with Crippen molar-refractivity contribution in [2.24, 2.45) is 0 Å². The van der Waals surface area contributed by atoms with Crippen LogP contribution in [0, 0.1) is 11.3 Å². The summed E-state index contributed by atoms with van der Waals surface area (Å²) >= 11 is 3.41. The predicted molar refractivity (Wildman–Crippen MR) is 120 cm³/mol. The van der Waals surface area contributed by atoms with Gasteiger partial charge in [0.2, 0.25) is 0 Å². The minimum Gasteiger partial charge on any atom is -0.488 e. The fourth-order valence-electron chi connectivity index (χ4n) is 2.75. The standard InChI is InChI=1S/C24H19BrN2O4/c25-19-5-3-4-18(14-19)15-30-22-7-2-1-6-21(22)24(29)31-16-23(28)27-20-10-8-17(9-11-20)12-13-26/h1-11,14H,12,15-16H2,(H,27,28). The van der Waals surface area contributed by atoms with Crippen LogP contribution in [0.4, 0.5) is 5.69 Å². The van der Waals surface area contributed by atoms with Gasteiger partial charge in [-0.1, -0.05) is 52.3 Å². The third-order valence-electron chi connectivity index (χ3n) is 4.25. The van der Waals surface area contributed by atoms with Crippen LogP contribution in [0.2, 0.25) is 0 Å². The Labute approximate surface area is 188 Å². The molecule has 3 rings (SSSR count). The normalized spacial score (nSPS) is 10.1. The summed E-state index contributed by atoms with van der Waals surface area (Å²) in [6.45, 7) is -0.148. The van der Waals surface area contributed by atoms with Crippen LogP contribution in [0.5, 0.6) is 5.75 Å². The van der Waals surface area contributed by atoms with Gasteiger partial charge >= 0.3 is 5.97 Å². The zero-order chi connectivity index (χ0) is 22.1. The number of hydrogen-bond acceptors (Lipinski definition) is 5. The maximum absolute atomic E-state index is 12.5. The highest BCUT2D eigenvalue weighted by atomic mass is 79.9. The molecule has 1 amide bonds. The molecule has 0 fully saturated rings. The highest BCUT2D eigenvalue weighted by Crippen LogP contribution is 2.21. The Morgan fingerprint density at radius 1 is 0.968 bits per heavy atom. The number of carbonyl (C=O) groups is 2. The molecule has 6 nitrogen and oxygen atoms in total. The first kappa shape index (κ1) is 22.1. The maximum Gasteiger partial charge on any atom is 0.342 e. The largest absolute Gasteiger partial charge is 0.488 e. The van der Waals surface area contributed by atoms with Crippen LogP contribution >= 0.6 is 15.9 Å². The average molecular weight is 479 g/mol. The molecule has 0 atom stereocenters. The van der Waals surface area contributed by atoms with E-state index >= 15 is 0 Å². The van der Waals surface area contributed by atoms with Crippen LogP contribution in [0.1, 0.15) is 21.5 Å². The lowest BCUT2D eigenvalue weighted by atomic mass is 10.1. The van der Waals surface area contributed by atoms with E-state index in [2.05, 4.69) is 27.3 Å². The van der Waals surface area contributed by atoms with E-state index in [4.69, 9.17) is 14.7 Å². The van der Waals surface area contributed by atoms with Crippen molar-refractivity contribution >= 4 is 33.5 Å². The third-order valence-corrected chi connectivity index (χ3v) is 4.74. The minimum absolute atomic E-state index is 0.242. The van der Waals surface area contributed by atoms with Gasteiger partial charge in [-0.3, -0.25) is 4.79 Å². The zero-order valence-corrected chi connectivity index (χ0v) is 18.1. The predicted octanol–water partition coefficient (Wildman–Crippen LogP) is 4.89. The minimum atomic E-state index is -0.649. The summed E-state index contributed by atoms with van der Waals surface area (Å²) in [6, 6.07) is 23.3. The number of nitriles is 1. The Kier molecular flexibility index (Phi) is 7.79. The molecule has 0 spiro atoms. The SMILES string of the molecule is N#CCc1ccc(NC(=O)COC(=O)c2ccccc2OCc2cccc(Br)c2)cc1. The molecule has 0 aromatic heterocycles. The molecule has 0 saturated carbocycles. The first-order chi connectivity index (χ1) is 15.0. The van der Waals surface area contributed by atoms with Crippen LogP contribution in [0.15, 0.2) is 77.3 Å². The van der Waals surface area contributed by atoms with Gasteiger partial charge in [-0.25, -0.2) is 4.79 Å². The van der Waals surface area contributed by atoms with E-state index in [0.717, 1.165) is 15.6 Å². The van der Waals surface area contributed by atoms with E-state index in [1.807, 2.05) is 24.3 Å². The van der Waals surface area contributed by atoms with E-state index in [1.54, 1.807) is 48.5 Å². The van der Waals surface area contributed by atoms with Crippen LogP contribution in [-0.4, -0.2) is 18.5 Å². The molecule has 1 N–H and O–H groups in total. The quantitative estimate of drug-likeness (QED) is 0.465. The molecule has 0 radical (unpaired) electrons. The Morgan fingerprint density at radius 3 is 2.48 bits per heavy atom. The van der Waals surface area contributed by atoms with Crippen LogP contribution < -0.4 is 10.1 Å². The Balaban J connectivity index is 1.55. The van der Waals surface area contributed by atoms with Gasteiger partial charge in [0.05, 0.1) is 12.5 Å². The second-order valence-corrected chi connectivity index (χ2v) is 7.49. The number of esters is 1. The smallest absolute Gasteiger partial charge is 0.342 e. The van der Waals surface area contributed by atoms with Crippen LogP contribution in [-0.2, 0) is 22.6 Å². The van der Waals surface area contributed by atoms with Crippen molar-refractivity contribution in [2.75, 3.05) is 11.9 Å². The molecule has 3 aromatic carbocycles. The zero-order valence-electron chi connectivity index (χ0n) is 16.5. The maximum atomic E-state index is 12.5. The first-order valence-electron chi connectivity index (χ1n) is 9.44. The van der Waals surface area contributed by atoms with Gasteiger partial charge in [0.25, 0.3) is 5.91 Å². The van der Waals surface area contributed by atoms with E-state index in [9.17, 15) is 9.59 Å². The Hall–Kier alpha value is -3.63. The third kappa shape index (κ3) is 6.69. The number of carbonyl (C=O) groups excluding carboxylic acids is 2.